The van der Waals surface area contributed by atoms with Crippen LogP contribution >= 0.6 is 0 Å². The van der Waals surface area contributed by atoms with Crippen LogP contribution < -0.4 is 10.9 Å². The van der Waals surface area contributed by atoms with Crippen molar-refractivity contribution in [3.05, 3.63) is 71.0 Å². The fourth-order valence-corrected chi connectivity index (χ4v) is 4.95. The van der Waals surface area contributed by atoms with Crippen LogP contribution in [0.4, 0.5) is 10.3 Å². The lowest BCUT2D eigenvalue weighted by molar-refractivity contribution is -0.133. The monoisotopic (exact) mass is 490 g/mol. The first-order valence-corrected chi connectivity index (χ1v) is 12.6. The molecule has 2 aliphatic heterocycles. The highest BCUT2D eigenvalue weighted by Gasteiger charge is 2.25. The zero-order chi connectivity index (χ0) is 24.9. The summed E-state index contributed by atoms with van der Waals surface area (Å²) in [5.41, 5.74) is 1.20. The Hall–Kier alpha value is -3.59. The number of carbonyl (C=O) groups is 1. The summed E-state index contributed by atoms with van der Waals surface area (Å²) in [6, 6.07) is 12.1. The molecular weight excluding hydrogens is 459 g/mol. The van der Waals surface area contributed by atoms with Gasteiger partial charge in [-0.1, -0.05) is 24.6 Å². The van der Waals surface area contributed by atoms with Gasteiger partial charge in [0.2, 0.25) is 11.9 Å². The van der Waals surface area contributed by atoms with Crippen LogP contribution in [0.5, 0.6) is 0 Å². The molecule has 0 saturated carbocycles. The minimum absolute atomic E-state index is 0.108. The highest BCUT2D eigenvalue weighted by molar-refractivity contribution is 5.78. The molecule has 4 heterocycles. The van der Waals surface area contributed by atoms with E-state index in [-0.39, 0.29) is 23.2 Å². The number of carbonyl (C=O) groups excluding carboxylic acids is 1. The first-order chi connectivity index (χ1) is 17.6. The standard InChI is InChI=1S/C27H31FN6O2/c28-23-18-29-27(30-21-10-15-33(16-11-21)25(36)19-32-12-3-1-4-13-32)31-26(23)20-7-6-8-22(17-20)34-14-5-2-9-24(34)35/h2,5-9,14,17-18,21H,1,3-4,10-13,15-16,19H2,(H,29,30,31). The number of pyridine rings is 1. The first kappa shape index (κ1) is 24.1. The van der Waals surface area contributed by atoms with Crippen LogP contribution in [0.25, 0.3) is 16.9 Å². The number of halogens is 1. The molecule has 0 unspecified atom stereocenters. The molecule has 36 heavy (non-hydrogen) atoms. The Balaban J connectivity index is 1.23. The van der Waals surface area contributed by atoms with Crippen molar-refractivity contribution in [1.29, 1.82) is 0 Å². The third-order valence-electron chi connectivity index (χ3n) is 6.95. The second kappa shape index (κ2) is 11.0. The molecule has 9 heteroatoms. The van der Waals surface area contributed by atoms with E-state index in [1.165, 1.54) is 36.1 Å². The minimum Gasteiger partial charge on any atom is -0.351 e. The number of aromatic nitrogens is 3. The van der Waals surface area contributed by atoms with Gasteiger partial charge in [0.15, 0.2) is 5.82 Å². The number of anilines is 1. The smallest absolute Gasteiger partial charge is 0.255 e. The Labute approximate surface area is 209 Å². The van der Waals surface area contributed by atoms with Crippen LogP contribution in [0, 0.1) is 5.82 Å². The lowest BCUT2D eigenvalue weighted by Crippen LogP contribution is -2.47. The molecular formula is C27H31FN6O2. The Morgan fingerprint density at radius 2 is 1.83 bits per heavy atom. The number of nitrogens with one attached hydrogen (secondary N) is 1. The average molecular weight is 491 g/mol. The molecule has 1 N–H and O–H groups in total. The second-order valence-electron chi connectivity index (χ2n) is 9.49. The number of benzene rings is 1. The van der Waals surface area contributed by atoms with Gasteiger partial charge in [-0.2, -0.15) is 0 Å². The molecule has 5 rings (SSSR count). The maximum Gasteiger partial charge on any atom is 0.255 e. The van der Waals surface area contributed by atoms with E-state index in [1.807, 2.05) is 4.90 Å². The average Bonchev–Trinajstić information content (AvgIpc) is 2.91. The Bertz CT molecular complexity index is 1260. The number of amides is 1. The topological polar surface area (TPSA) is 83.4 Å². The molecule has 0 aliphatic carbocycles. The highest BCUT2D eigenvalue weighted by Crippen LogP contribution is 2.24. The normalized spacial score (nSPS) is 17.2. The predicted molar refractivity (Wildman–Crippen MR) is 137 cm³/mol. The van der Waals surface area contributed by atoms with Crippen molar-refractivity contribution < 1.29 is 9.18 Å². The molecule has 2 aliphatic rings. The third kappa shape index (κ3) is 5.62. The summed E-state index contributed by atoms with van der Waals surface area (Å²) in [4.78, 5) is 37.7. The van der Waals surface area contributed by atoms with E-state index in [4.69, 9.17) is 0 Å². The number of piperidine rings is 2. The molecule has 2 fully saturated rings. The lowest BCUT2D eigenvalue weighted by Gasteiger charge is -2.34. The van der Waals surface area contributed by atoms with Gasteiger partial charge in [-0.3, -0.25) is 19.1 Å². The molecule has 0 spiro atoms. The van der Waals surface area contributed by atoms with Gasteiger partial charge < -0.3 is 10.2 Å². The van der Waals surface area contributed by atoms with Crippen LogP contribution in [0.2, 0.25) is 0 Å². The summed E-state index contributed by atoms with van der Waals surface area (Å²) in [5.74, 6) is 0.0242. The van der Waals surface area contributed by atoms with Gasteiger partial charge in [0.1, 0.15) is 5.69 Å². The summed E-state index contributed by atoms with van der Waals surface area (Å²) < 4.78 is 16.2. The predicted octanol–water partition coefficient (Wildman–Crippen LogP) is 3.32. The maximum atomic E-state index is 14.7. The molecule has 1 aromatic carbocycles. The van der Waals surface area contributed by atoms with Crippen LogP contribution in [0.15, 0.2) is 59.7 Å². The number of rotatable bonds is 6. The number of hydrogen-bond acceptors (Lipinski definition) is 6. The fourth-order valence-electron chi connectivity index (χ4n) is 4.95. The van der Waals surface area contributed by atoms with Gasteiger partial charge in [0.25, 0.3) is 5.56 Å². The van der Waals surface area contributed by atoms with Gasteiger partial charge in [-0.25, -0.2) is 14.4 Å². The van der Waals surface area contributed by atoms with Crippen LogP contribution in [-0.2, 0) is 4.79 Å². The van der Waals surface area contributed by atoms with E-state index < -0.39 is 5.82 Å². The molecule has 2 aromatic heterocycles. The van der Waals surface area contributed by atoms with Crippen molar-refractivity contribution in [3.63, 3.8) is 0 Å². The van der Waals surface area contributed by atoms with E-state index >= 15 is 0 Å². The zero-order valence-corrected chi connectivity index (χ0v) is 20.3. The van der Waals surface area contributed by atoms with E-state index in [0.29, 0.717) is 36.8 Å². The Kier molecular flexibility index (Phi) is 7.36. The molecule has 8 nitrogen and oxygen atoms in total. The summed E-state index contributed by atoms with van der Waals surface area (Å²) in [7, 11) is 0. The first-order valence-electron chi connectivity index (χ1n) is 12.6. The van der Waals surface area contributed by atoms with Crippen LogP contribution in [-0.4, -0.2) is 69.0 Å². The summed E-state index contributed by atoms with van der Waals surface area (Å²) in [6.45, 7) is 3.91. The Morgan fingerprint density at radius 1 is 1.03 bits per heavy atom. The molecule has 0 bridgehead atoms. The van der Waals surface area contributed by atoms with E-state index in [2.05, 4.69) is 20.2 Å². The van der Waals surface area contributed by atoms with E-state index in [9.17, 15) is 14.0 Å². The summed E-state index contributed by atoms with van der Waals surface area (Å²) in [5, 5.41) is 3.32. The zero-order valence-electron chi connectivity index (χ0n) is 20.3. The minimum atomic E-state index is -0.531. The number of nitrogens with zero attached hydrogens (tertiary/aromatic N) is 5. The van der Waals surface area contributed by atoms with Gasteiger partial charge >= 0.3 is 0 Å². The third-order valence-corrected chi connectivity index (χ3v) is 6.95. The van der Waals surface area contributed by atoms with Crippen molar-refractivity contribution >= 4 is 11.9 Å². The number of likely N-dealkylation sites (tertiary alicyclic amines) is 2. The molecule has 1 amide bonds. The second-order valence-corrected chi connectivity index (χ2v) is 9.49. The van der Waals surface area contributed by atoms with Crippen LogP contribution in [0.1, 0.15) is 32.1 Å². The summed E-state index contributed by atoms with van der Waals surface area (Å²) >= 11 is 0. The van der Waals surface area contributed by atoms with Gasteiger partial charge in [-0.05, 0) is 57.0 Å². The quantitative estimate of drug-likeness (QED) is 0.571. The van der Waals surface area contributed by atoms with E-state index in [0.717, 1.165) is 25.9 Å². The summed E-state index contributed by atoms with van der Waals surface area (Å²) in [6.07, 6.45) is 8.02. The van der Waals surface area contributed by atoms with Crippen molar-refractivity contribution in [2.45, 2.75) is 38.1 Å². The fraction of sp³-hybridized carbons (Fsp3) is 0.407. The number of hydrogen-bond donors (Lipinski definition) is 1. The molecule has 188 valence electrons. The SMILES string of the molecule is O=C(CN1CCCCC1)N1CCC(Nc2ncc(F)c(-c3cccc(-n4ccccc4=O)c3)n2)CC1. The van der Waals surface area contributed by atoms with Crippen molar-refractivity contribution in [1.82, 2.24) is 24.3 Å². The van der Waals surface area contributed by atoms with Gasteiger partial charge in [-0.15, -0.1) is 0 Å². The van der Waals surface area contributed by atoms with Crippen molar-refractivity contribution in [3.8, 4) is 16.9 Å². The molecule has 3 aromatic rings. The van der Waals surface area contributed by atoms with Crippen molar-refractivity contribution in [2.75, 3.05) is 38.0 Å². The lowest BCUT2D eigenvalue weighted by atomic mass is 10.0. The molecule has 2 saturated heterocycles. The molecule has 0 radical (unpaired) electrons. The molecule has 0 atom stereocenters. The van der Waals surface area contributed by atoms with Gasteiger partial charge in [0, 0.05) is 42.6 Å². The maximum absolute atomic E-state index is 14.7. The highest BCUT2D eigenvalue weighted by atomic mass is 19.1. The van der Waals surface area contributed by atoms with Crippen LogP contribution in [0.3, 0.4) is 0 Å². The van der Waals surface area contributed by atoms with Crippen molar-refractivity contribution in [2.24, 2.45) is 0 Å². The largest absolute Gasteiger partial charge is 0.351 e. The Morgan fingerprint density at radius 3 is 2.61 bits per heavy atom. The van der Waals surface area contributed by atoms with Gasteiger partial charge in [0.05, 0.1) is 12.7 Å². The van der Waals surface area contributed by atoms with E-state index in [1.54, 1.807) is 42.6 Å².